The molecule has 0 saturated carbocycles. The lowest BCUT2D eigenvalue weighted by atomic mass is 9.93. The Morgan fingerprint density at radius 2 is 1.67 bits per heavy atom. The molecular formula is C18H18O3. The van der Waals surface area contributed by atoms with Crippen LogP contribution in [0.25, 0.3) is 11.1 Å². The van der Waals surface area contributed by atoms with E-state index in [1.807, 2.05) is 49.4 Å². The highest BCUT2D eigenvalue weighted by molar-refractivity contribution is 6.00. The van der Waals surface area contributed by atoms with Crippen LogP contribution in [0.1, 0.15) is 28.8 Å². The Balaban J connectivity index is 2.26. The van der Waals surface area contributed by atoms with Crippen LogP contribution in [0.3, 0.4) is 0 Å². The Morgan fingerprint density at radius 1 is 0.952 bits per heavy atom. The van der Waals surface area contributed by atoms with Crippen LogP contribution in [0.4, 0.5) is 0 Å². The minimum absolute atomic E-state index is 0.0318. The molecule has 0 bridgehead atoms. The summed E-state index contributed by atoms with van der Waals surface area (Å²) in [5.41, 5.74) is 3.73. The first-order valence-electron chi connectivity index (χ1n) is 6.88. The molecule has 0 aromatic heterocycles. The van der Waals surface area contributed by atoms with Crippen LogP contribution < -0.4 is 0 Å². The third-order valence-electron chi connectivity index (χ3n) is 3.50. The fraction of sp³-hybridized carbons (Fsp3) is 0.222. The van der Waals surface area contributed by atoms with Crippen LogP contribution in [-0.4, -0.2) is 18.9 Å². The number of ketones is 1. The topological polar surface area (TPSA) is 43.4 Å². The Kier molecular flexibility index (Phi) is 4.88. The summed E-state index contributed by atoms with van der Waals surface area (Å²) in [7, 11) is 1.33. The highest BCUT2D eigenvalue weighted by Gasteiger charge is 2.14. The minimum Gasteiger partial charge on any atom is -0.469 e. The second-order valence-corrected chi connectivity index (χ2v) is 4.84. The van der Waals surface area contributed by atoms with Crippen molar-refractivity contribution in [1.82, 2.24) is 0 Å². The molecule has 0 heterocycles. The van der Waals surface area contributed by atoms with E-state index in [1.54, 1.807) is 6.07 Å². The van der Waals surface area contributed by atoms with Crippen LogP contribution in [0, 0.1) is 6.92 Å². The van der Waals surface area contributed by atoms with Gasteiger partial charge in [-0.1, -0.05) is 48.5 Å². The van der Waals surface area contributed by atoms with Crippen LogP contribution >= 0.6 is 0 Å². The molecule has 2 aromatic carbocycles. The van der Waals surface area contributed by atoms with Crippen molar-refractivity contribution in [3.05, 3.63) is 59.7 Å². The van der Waals surface area contributed by atoms with Crippen molar-refractivity contribution in [3.63, 3.8) is 0 Å². The van der Waals surface area contributed by atoms with E-state index in [2.05, 4.69) is 4.74 Å². The van der Waals surface area contributed by atoms with Gasteiger partial charge in [-0.25, -0.2) is 0 Å². The number of methoxy groups -OCH3 is 1. The molecule has 2 aromatic rings. The average Bonchev–Trinajstić information content (AvgIpc) is 2.53. The van der Waals surface area contributed by atoms with Crippen molar-refractivity contribution in [2.45, 2.75) is 19.8 Å². The standard InChI is InChI=1S/C18H18O3/c1-13-15(14-7-4-3-5-8-14)9-6-10-16(13)17(19)11-12-18(20)21-2/h3-10H,11-12H2,1-2H3. The summed E-state index contributed by atoms with van der Waals surface area (Å²) < 4.78 is 4.57. The maximum absolute atomic E-state index is 12.3. The Labute approximate surface area is 124 Å². The predicted molar refractivity (Wildman–Crippen MR) is 82.2 cm³/mol. The van der Waals surface area contributed by atoms with Crippen molar-refractivity contribution in [3.8, 4) is 11.1 Å². The lowest BCUT2D eigenvalue weighted by molar-refractivity contribution is -0.140. The summed E-state index contributed by atoms with van der Waals surface area (Å²) in [4.78, 5) is 23.4. The molecular weight excluding hydrogens is 264 g/mol. The molecule has 108 valence electrons. The number of hydrogen-bond acceptors (Lipinski definition) is 3. The Bertz CT molecular complexity index is 645. The van der Waals surface area contributed by atoms with Gasteiger partial charge in [0.2, 0.25) is 0 Å². The molecule has 0 aliphatic rings. The van der Waals surface area contributed by atoms with Gasteiger partial charge in [0.15, 0.2) is 5.78 Å². The molecule has 3 heteroatoms. The van der Waals surface area contributed by atoms with E-state index in [0.29, 0.717) is 5.56 Å². The van der Waals surface area contributed by atoms with Gasteiger partial charge in [0.1, 0.15) is 0 Å². The molecule has 0 unspecified atom stereocenters. The van der Waals surface area contributed by atoms with E-state index in [0.717, 1.165) is 16.7 Å². The third-order valence-corrected chi connectivity index (χ3v) is 3.50. The summed E-state index contributed by atoms with van der Waals surface area (Å²) in [6, 6.07) is 15.6. The number of rotatable bonds is 5. The minimum atomic E-state index is -0.361. The van der Waals surface area contributed by atoms with Crippen molar-refractivity contribution in [2.75, 3.05) is 7.11 Å². The first-order chi connectivity index (χ1) is 10.1. The Hall–Kier alpha value is -2.42. The van der Waals surface area contributed by atoms with Gasteiger partial charge in [-0.3, -0.25) is 9.59 Å². The maximum Gasteiger partial charge on any atom is 0.305 e. The fourth-order valence-electron chi connectivity index (χ4n) is 2.32. The molecule has 0 aliphatic heterocycles. The summed E-state index contributed by atoms with van der Waals surface area (Å²) in [5, 5.41) is 0. The lowest BCUT2D eigenvalue weighted by Crippen LogP contribution is -2.07. The predicted octanol–water partition coefficient (Wildman–Crippen LogP) is 3.80. The number of carbonyl (C=O) groups excluding carboxylic acids is 2. The highest BCUT2D eigenvalue weighted by atomic mass is 16.5. The zero-order valence-corrected chi connectivity index (χ0v) is 12.3. The molecule has 2 rings (SSSR count). The van der Waals surface area contributed by atoms with Crippen molar-refractivity contribution < 1.29 is 14.3 Å². The highest BCUT2D eigenvalue weighted by Crippen LogP contribution is 2.26. The fourth-order valence-corrected chi connectivity index (χ4v) is 2.32. The smallest absolute Gasteiger partial charge is 0.305 e. The summed E-state index contributed by atoms with van der Waals surface area (Å²) >= 11 is 0. The molecule has 0 fully saturated rings. The molecule has 3 nitrogen and oxygen atoms in total. The van der Waals surface area contributed by atoms with E-state index >= 15 is 0 Å². The quantitative estimate of drug-likeness (QED) is 0.619. The zero-order valence-electron chi connectivity index (χ0n) is 12.3. The molecule has 0 spiro atoms. The number of hydrogen-bond donors (Lipinski definition) is 0. The first-order valence-corrected chi connectivity index (χ1v) is 6.88. The van der Waals surface area contributed by atoms with Gasteiger partial charge < -0.3 is 4.74 Å². The van der Waals surface area contributed by atoms with E-state index in [-0.39, 0.29) is 24.6 Å². The number of Topliss-reactive ketones (excluding diaryl/α,β-unsaturated/α-hetero) is 1. The van der Waals surface area contributed by atoms with E-state index in [9.17, 15) is 9.59 Å². The van der Waals surface area contributed by atoms with Gasteiger partial charge in [-0.15, -0.1) is 0 Å². The third kappa shape index (κ3) is 3.57. The second-order valence-electron chi connectivity index (χ2n) is 4.84. The number of benzene rings is 2. The van der Waals surface area contributed by atoms with Gasteiger partial charge in [0.05, 0.1) is 13.5 Å². The molecule has 0 radical (unpaired) electrons. The van der Waals surface area contributed by atoms with Crippen LogP contribution in [0.2, 0.25) is 0 Å². The van der Waals surface area contributed by atoms with Crippen LogP contribution in [0.5, 0.6) is 0 Å². The lowest BCUT2D eigenvalue weighted by Gasteiger charge is -2.10. The van der Waals surface area contributed by atoms with Crippen molar-refractivity contribution in [1.29, 1.82) is 0 Å². The van der Waals surface area contributed by atoms with E-state index < -0.39 is 0 Å². The monoisotopic (exact) mass is 282 g/mol. The van der Waals surface area contributed by atoms with Gasteiger partial charge in [-0.2, -0.15) is 0 Å². The normalized spacial score (nSPS) is 10.2. The van der Waals surface area contributed by atoms with Crippen LogP contribution in [0.15, 0.2) is 48.5 Å². The SMILES string of the molecule is COC(=O)CCC(=O)c1cccc(-c2ccccc2)c1C. The van der Waals surface area contributed by atoms with Crippen molar-refractivity contribution >= 4 is 11.8 Å². The number of ether oxygens (including phenoxy) is 1. The Morgan fingerprint density at radius 3 is 2.33 bits per heavy atom. The molecule has 0 saturated heterocycles. The number of esters is 1. The first kappa shape index (κ1) is 15.0. The number of carbonyl (C=O) groups is 2. The summed E-state index contributed by atoms with van der Waals surface area (Å²) in [5.74, 6) is -0.393. The molecule has 0 atom stereocenters. The van der Waals surface area contributed by atoms with E-state index in [1.165, 1.54) is 7.11 Å². The largest absolute Gasteiger partial charge is 0.469 e. The summed E-state index contributed by atoms with van der Waals surface area (Å²) in [6.45, 7) is 1.94. The summed E-state index contributed by atoms with van der Waals surface area (Å²) in [6.07, 6.45) is 0.288. The van der Waals surface area contributed by atoms with Crippen LogP contribution in [-0.2, 0) is 9.53 Å². The average molecular weight is 282 g/mol. The molecule has 0 aliphatic carbocycles. The van der Waals surface area contributed by atoms with Gasteiger partial charge in [0.25, 0.3) is 0 Å². The molecule has 0 amide bonds. The zero-order chi connectivity index (χ0) is 15.2. The second kappa shape index (κ2) is 6.84. The van der Waals surface area contributed by atoms with E-state index in [4.69, 9.17) is 0 Å². The van der Waals surface area contributed by atoms with Gasteiger partial charge >= 0.3 is 5.97 Å². The van der Waals surface area contributed by atoms with Gasteiger partial charge in [0, 0.05) is 12.0 Å². The van der Waals surface area contributed by atoms with Crippen molar-refractivity contribution in [2.24, 2.45) is 0 Å². The maximum atomic E-state index is 12.3. The van der Waals surface area contributed by atoms with Gasteiger partial charge in [-0.05, 0) is 23.6 Å². The molecule has 0 N–H and O–H groups in total. The molecule has 21 heavy (non-hydrogen) atoms.